The van der Waals surface area contributed by atoms with E-state index in [9.17, 15) is 9.59 Å². The van der Waals surface area contributed by atoms with Gasteiger partial charge in [-0.25, -0.2) is 0 Å². The van der Waals surface area contributed by atoms with Crippen LogP contribution in [0.15, 0.2) is 18.2 Å². The normalized spacial score (nSPS) is 13.8. The number of carbonyl (C=O) groups excluding carboxylic acids is 2. The third-order valence-electron chi connectivity index (χ3n) is 3.27. The number of benzene rings is 1. The highest BCUT2D eigenvalue weighted by Gasteiger charge is 2.20. The zero-order chi connectivity index (χ0) is 13.7. The van der Waals surface area contributed by atoms with Crippen molar-refractivity contribution in [2.24, 2.45) is 0 Å². The first-order valence-electron chi connectivity index (χ1n) is 6.57. The maximum absolute atomic E-state index is 11.8. The van der Waals surface area contributed by atoms with Crippen LogP contribution in [-0.2, 0) is 16.0 Å². The van der Waals surface area contributed by atoms with Gasteiger partial charge in [-0.05, 0) is 25.3 Å². The summed E-state index contributed by atoms with van der Waals surface area (Å²) in [6, 6.07) is 5.59. The van der Waals surface area contributed by atoms with E-state index >= 15 is 0 Å². The van der Waals surface area contributed by atoms with Crippen molar-refractivity contribution in [3.8, 4) is 5.75 Å². The minimum absolute atomic E-state index is 0.196. The van der Waals surface area contributed by atoms with Gasteiger partial charge in [-0.15, -0.1) is 0 Å². The van der Waals surface area contributed by atoms with Crippen molar-refractivity contribution in [1.82, 2.24) is 0 Å². The van der Waals surface area contributed by atoms with Crippen LogP contribution in [0, 0.1) is 0 Å². The summed E-state index contributed by atoms with van der Waals surface area (Å²) in [7, 11) is 1.38. The molecule has 0 saturated carbocycles. The molecule has 0 aromatic heterocycles. The van der Waals surface area contributed by atoms with E-state index < -0.39 is 0 Å². The number of hydrogen-bond acceptors (Lipinski definition) is 4. The molecule has 0 saturated heterocycles. The highest BCUT2D eigenvalue weighted by Crippen LogP contribution is 2.29. The molecule has 4 nitrogen and oxygen atoms in total. The maximum atomic E-state index is 11.8. The fourth-order valence-corrected chi connectivity index (χ4v) is 2.28. The smallest absolute Gasteiger partial charge is 0.305 e. The molecule has 0 spiro atoms. The fourth-order valence-electron chi connectivity index (χ4n) is 2.28. The second-order valence-corrected chi connectivity index (χ2v) is 4.59. The summed E-state index contributed by atoms with van der Waals surface area (Å²) in [5.41, 5.74) is 1.80. The van der Waals surface area contributed by atoms with Crippen molar-refractivity contribution < 1.29 is 19.1 Å². The zero-order valence-corrected chi connectivity index (χ0v) is 11.1. The maximum Gasteiger partial charge on any atom is 0.305 e. The molecular weight excluding hydrogens is 244 g/mol. The average Bonchev–Trinajstić information content (AvgIpc) is 2.44. The third-order valence-corrected chi connectivity index (χ3v) is 3.27. The van der Waals surface area contributed by atoms with Gasteiger partial charge in [-0.1, -0.05) is 12.1 Å². The molecule has 1 aliphatic carbocycles. The van der Waals surface area contributed by atoms with Crippen LogP contribution in [0.1, 0.15) is 41.6 Å². The molecule has 2 rings (SSSR count). The van der Waals surface area contributed by atoms with Gasteiger partial charge in [0.05, 0.1) is 13.7 Å². The van der Waals surface area contributed by atoms with E-state index in [2.05, 4.69) is 4.74 Å². The molecule has 0 atom stereocenters. The van der Waals surface area contributed by atoms with Gasteiger partial charge in [-0.3, -0.25) is 9.59 Å². The monoisotopic (exact) mass is 262 g/mol. The first kappa shape index (κ1) is 13.6. The standard InChI is InChI=1S/C15H18O4/c1-18-15(17)9-4-10-19-14-8-3-5-11-12(14)6-2-7-13(11)16/h3,5,8H,2,4,6-7,9-10H2,1H3. The van der Waals surface area contributed by atoms with E-state index in [0.29, 0.717) is 25.9 Å². The molecule has 0 radical (unpaired) electrons. The Labute approximate surface area is 112 Å². The minimum atomic E-state index is -0.228. The molecule has 4 heteroatoms. The highest BCUT2D eigenvalue weighted by atomic mass is 16.5. The van der Waals surface area contributed by atoms with Gasteiger partial charge >= 0.3 is 5.97 Å². The third kappa shape index (κ3) is 3.34. The van der Waals surface area contributed by atoms with Crippen LogP contribution in [0.4, 0.5) is 0 Å². The number of fused-ring (bicyclic) bond motifs is 1. The number of carbonyl (C=O) groups is 2. The fraction of sp³-hybridized carbons (Fsp3) is 0.467. The molecule has 1 aromatic carbocycles. The number of rotatable bonds is 5. The van der Waals surface area contributed by atoms with E-state index in [4.69, 9.17) is 4.74 Å². The molecule has 102 valence electrons. The first-order valence-corrected chi connectivity index (χ1v) is 6.57. The second kappa shape index (κ2) is 6.36. The molecule has 0 heterocycles. The van der Waals surface area contributed by atoms with Crippen LogP contribution in [0.3, 0.4) is 0 Å². The van der Waals surface area contributed by atoms with Crippen LogP contribution >= 0.6 is 0 Å². The number of ketones is 1. The van der Waals surface area contributed by atoms with Crippen molar-refractivity contribution in [3.63, 3.8) is 0 Å². The summed E-state index contributed by atoms with van der Waals surface area (Å²) < 4.78 is 10.3. The van der Waals surface area contributed by atoms with Crippen molar-refractivity contribution in [3.05, 3.63) is 29.3 Å². The molecule has 0 N–H and O–H groups in total. The molecule has 1 aromatic rings. The molecule has 0 bridgehead atoms. The molecule has 0 amide bonds. The zero-order valence-electron chi connectivity index (χ0n) is 11.1. The lowest BCUT2D eigenvalue weighted by atomic mass is 9.90. The Bertz CT molecular complexity index is 479. The second-order valence-electron chi connectivity index (χ2n) is 4.59. The van der Waals surface area contributed by atoms with Crippen molar-refractivity contribution in [2.75, 3.05) is 13.7 Å². The molecule has 0 aliphatic heterocycles. The number of methoxy groups -OCH3 is 1. The van der Waals surface area contributed by atoms with E-state index in [1.807, 2.05) is 18.2 Å². The van der Waals surface area contributed by atoms with Crippen molar-refractivity contribution >= 4 is 11.8 Å². The minimum Gasteiger partial charge on any atom is -0.493 e. The number of hydrogen-bond donors (Lipinski definition) is 0. The highest BCUT2D eigenvalue weighted by molar-refractivity contribution is 5.99. The molecule has 19 heavy (non-hydrogen) atoms. The lowest BCUT2D eigenvalue weighted by molar-refractivity contribution is -0.140. The predicted octanol–water partition coefficient (Wildman–Crippen LogP) is 2.54. The van der Waals surface area contributed by atoms with Crippen LogP contribution in [0.2, 0.25) is 0 Å². The Kier molecular flexibility index (Phi) is 4.55. The summed E-state index contributed by atoms with van der Waals surface area (Å²) in [6.07, 6.45) is 3.36. The predicted molar refractivity (Wildman–Crippen MR) is 70.5 cm³/mol. The first-order chi connectivity index (χ1) is 9.22. The van der Waals surface area contributed by atoms with Crippen molar-refractivity contribution in [1.29, 1.82) is 0 Å². The quantitative estimate of drug-likeness (QED) is 0.604. The Hall–Kier alpha value is -1.84. The number of ether oxygens (including phenoxy) is 2. The summed E-state index contributed by atoms with van der Waals surface area (Å²) in [5, 5.41) is 0. The van der Waals surface area contributed by atoms with Crippen molar-refractivity contribution in [2.45, 2.75) is 32.1 Å². The Morgan fingerprint density at radius 1 is 1.32 bits per heavy atom. The summed E-state index contributed by atoms with van der Waals surface area (Å²) in [6.45, 7) is 0.458. The molecule has 0 unspecified atom stereocenters. The number of esters is 1. The summed E-state index contributed by atoms with van der Waals surface area (Å²) >= 11 is 0. The lowest BCUT2D eigenvalue weighted by Crippen LogP contribution is -2.13. The lowest BCUT2D eigenvalue weighted by Gasteiger charge is -2.18. The Morgan fingerprint density at radius 3 is 2.95 bits per heavy atom. The van der Waals surface area contributed by atoms with Crippen LogP contribution < -0.4 is 4.74 Å². The molecular formula is C15H18O4. The SMILES string of the molecule is COC(=O)CCCOc1cccc2c1CCCC2=O. The Morgan fingerprint density at radius 2 is 2.16 bits per heavy atom. The van der Waals surface area contributed by atoms with Gasteiger partial charge in [0.15, 0.2) is 5.78 Å². The van der Waals surface area contributed by atoms with E-state index in [1.165, 1.54) is 7.11 Å². The van der Waals surface area contributed by atoms with Crippen LogP contribution in [0.25, 0.3) is 0 Å². The average molecular weight is 262 g/mol. The van der Waals surface area contributed by atoms with Gasteiger partial charge in [-0.2, -0.15) is 0 Å². The summed E-state index contributed by atoms with van der Waals surface area (Å²) in [4.78, 5) is 22.8. The van der Waals surface area contributed by atoms with E-state index in [1.54, 1.807) is 0 Å². The van der Waals surface area contributed by atoms with Gasteiger partial charge in [0.1, 0.15) is 5.75 Å². The van der Waals surface area contributed by atoms with E-state index in [0.717, 1.165) is 29.7 Å². The molecule has 0 fully saturated rings. The summed E-state index contributed by atoms with van der Waals surface area (Å²) in [5.74, 6) is 0.741. The topological polar surface area (TPSA) is 52.6 Å². The molecule has 1 aliphatic rings. The van der Waals surface area contributed by atoms with Gasteiger partial charge in [0.2, 0.25) is 0 Å². The van der Waals surface area contributed by atoms with Crippen LogP contribution in [-0.4, -0.2) is 25.5 Å². The van der Waals surface area contributed by atoms with Gasteiger partial charge in [0, 0.05) is 24.0 Å². The van der Waals surface area contributed by atoms with Crippen LogP contribution in [0.5, 0.6) is 5.75 Å². The van der Waals surface area contributed by atoms with E-state index in [-0.39, 0.29) is 11.8 Å². The number of Topliss-reactive ketones (excluding diaryl/α,β-unsaturated/α-hetero) is 1. The van der Waals surface area contributed by atoms with Gasteiger partial charge in [0.25, 0.3) is 0 Å². The largest absolute Gasteiger partial charge is 0.493 e. The Balaban J connectivity index is 1.96. The van der Waals surface area contributed by atoms with Gasteiger partial charge < -0.3 is 9.47 Å².